The number of aliphatic hydroxyl groups is 1. The molecule has 3 rings (SSSR count). The molecule has 2 aliphatic rings. The van der Waals surface area contributed by atoms with E-state index in [9.17, 15) is 9.90 Å². The normalized spacial score (nSPS) is 28.6. The van der Waals surface area contributed by atoms with Gasteiger partial charge in [-0.15, -0.1) is 0 Å². The van der Waals surface area contributed by atoms with Gasteiger partial charge in [-0.1, -0.05) is 18.2 Å². The van der Waals surface area contributed by atoms with Crippen molar-refractivity contribution in [2.75, 3.05) is 0 Å². The van der Waals surface area contributed by atoms with Gasteiger partial charge in [-0.2, -0.15) is 0 Å². The summed E-state index contributed by atoms with van der Waals surface area (Å²) in [5.41, 5.74) is 0.664. The lowest BCUT2D eigenvalue weighted by atomic mass is 10.0. The molecule has 0 saturated carbocycles. The number of nitrogens with zero attached hydrogens (tertiary/aromatic N) is 1. The Morgan fingerprint density at radius 2 is 2.21 bits per heavy atom. The number of rotatable bonds is 0. The zero-order valence-corrected chi connectivity index (χ0v) is 7.38. The maximum Gasteiger partial charge on any atom is 0.233 e. The number of ether oxygens (including phenoxy) is 1. The zero-order valence-electron chi connectivity index (χ0n) is 7.38. The van der Waals surface area contributed by atoms with Crippen LogP contribution in [0.5, 0.6) is 5.75 Å². The lowest BCUT2D eigenvalue weighted by Crippen LogP contribution is -2.59. The number of carbonyl (C=O) groups is 1. The Bertz CT molecular complexity index is 404. The van der Waals surface area contributed by atoms with E-state index in [-0.39, 0.29) is 12.1 Å². The molecule has 2 heterocycles. The molecule has 1 saturated heterocycles. The summed E-state index contributed by atoms with van der Waals surface area (Å²) in [6.45, 7) is 0. The molecular weight excluding hydrogens is 182 g/mol. The Morgan fingerprint density at radius 3 is 3.00 bits per heavy atom. The van der Waals surface area contributed by atoms with Crippen LogP contribution >= 0.6 is 0 Å². The predicted octanol–water partition coefficient (Wildman–Crippen LogP) is 0.628. The van der Waals surface area contributed by atoms with Crippen LogP contribution in [0.4, 0.5) is 0 Å². The number of hydrogen-bond acceptors (Lipinski definition) is 3. The van der Waals surface area contributed by atoms with Gasteiger partial charge in [0, 0.05) is 5.56 Å². The molecule has 0 unspecified atom stereocenters. The summed E-state index contributed by atoms with van der Waals surface area (Å²) in [6.07, 6.45) is -0.746. The number of hydrogen-bond donors (Lipinski definition) is 1. The van der Waals surface area contributed by atoms with Crippen LogP contribution in [0.15, 0.2) is 24.3 Å². The fourth-order valence-corrected chi connectivity index (χ4v) is 1.89. The molecule has 0 bridgehead atoms. The number of fused-ring (bicyclic) bond motifs is 2. The zero-order chi connectivity index (χ0) is 9.71. The highest BCUT2D eigenvalue weighted by Crippen LogP contribution is 2.40. The molecule has 0 aromatic heterocycles. The van der Waals surface area contributed by atoms with E-state index in [1.165, 1.54) is 4.90 Å². The largest absolute Gasteiger partial charge is 0.469 e. The molecule has 2 aliphatic heterocycles. The van der Waals surface area contributed by atoms with Crippen LogP contribution in [-0.2, 0) is 4.79 Å². The fourth-order valence-electron chi connectivity index (χ4n) is 1.89. The van der Waals surface area contributed by atoms with E-state index < -0.39 is 6.23 Å². The monoisotopic (exact) mass is 191 g/mol. The number of para-hydroxylation sites is 1. The lowest BCUT2D eigenvalue weighted by molar-refractivity contribution is -0.192. The van der Waals surface area contributed by atoms with Crippen LogP contribution < -0.4 is 4.74 Å². The highest BCUT2D eigenvalue weighted by Gasteiger charge is 2.46. The molecule has 1 aromatic carbocycles. The van der Waals surface area contributed by atoms with E-state index in [0.29, 0.717) is 17.7 Å². The molecule has 1 N–H and O–H groups in total. The SMILES string of the molecule is O=C1C[C@@H]2Oc3ccccc3[C@@H](O)N12. The van der Waals surface area contributed by atoms with Crippen molar-refractivity contribution in [1.29, 1.82) is 0 Å². The van der Waals surface area contributed by atoms with Crippen molar-refractivity contribution in [2.45, 2.75) is 18.9 Å². The second kappa shape index (κ2) is 2.48. The van der Waals surface area contributed by atoms with Crippen molar-refractivity contribution >= 4 is 5.91 Å². The molecule has 1 fully saturated rings. The van der Waals surface area contributed by atoms with Crippen molar-refractivity contribution in [3.63, 3.8) is 0 Å². The topological polar surface area (TPSA) is 49.8 Å². The van der Waals surface area contributed by atoms with Gasteiger partial charge in [-0.05, 0) is 6.07 Å². The van der Waals surface area contributed by atoms with Crippen LogP contribution in [0.2, 0.25) is 0 Å². The number of amides is 1. The second-order valence-corrected chi connectivity index (χ2v) is 3.49. The lowest BCUT2D eigenvalue weighted by Gasteiger charge is -2.46. The summed E-state index contributed by atoms with van der Waals surface area (Å²) in [6, 6.07) is 7.23. The van der Waals surface area contributed by atoms with Crippen molar-refractivity contribution in [3.05, 3.63) is 29.8 Å². The van der Waals surface area contributed by atoms with Gasteiger partial charge in [0.2, 0.25) is 5.91 Å². The first-order valence-corrected chi connectivity index (χ1v) is 4.52. The third kappa shape index (κ3) is 0.834. The Balaban J connectivity index is 2.06. The van der Waals surface area contributed by atoms with Gasteiger partial charge < -0.3 is 9.84 Å². The first kappa shape index (κ1) is 7.82. The molecule has 4 nitrogen and oxygen atoms in total. The van der Waals surface area contributed by atoms with E-state index in [1.54, 1.807) is 12.1 Å². The molecule has 2 atom stereocenters. The van der Waals surface area contributed by atoms with Crippen molar-refractivity contribution in [3.8, 4) is 5.75 Å². The van der Waals surface area contributed by atoms with Gasteiger partial charge in [0.05, 0.1) is 6.42 Å². The molecule has 0 spiro atoms. The number of β-lactam (4-membered cyclic amide) rings is 1. The summed E-state index contributed by atoms with van der Waals surface area (Å²) in [5.74, 6) is 0.616. The van der Waals surface area contributed by atoms with Crippen LogP contribution in [0.25, 0.3) is 0 Å². The van der Waals surface area contributed by atoms with E-state index in [2.05, 4.69) is 0 Å². The first-order valence-electron chi connectivity index (χ1n) is 4.52. The molecule has 1 amide bonds. The smallest absolute Gasteiger partial charge is 0.233 e. The fraction of sp³-hybridized carbons (Fsp3) is 0.300. The summed E-state index contributed by atoms with van der Waals surface area (Å²) in [7, 11) is 0. The minimum Gasteiger partial charge on any atom is -0.469 e. The number of aliphatic hydroxyl groups excluding tert-OH is 1. The number of carbonyl (C=O) groups excluding carboxylic acids is 1. The van der Waals surface area contributed by atoms with Crippen LogP contribution in [-0.4, -0.2) is 22.1 Å². The Labute approximate surface area is 80.7 Å². The standard InChI is InChI=1S/C10H9NO3/c12-8-5-9-11(8)10(13)6-3-1-2-4-7(6)14-9/h1-4,9-10,13H,5H2/t9-,10+/m0/s1. The van der Waals surface area contributed by atoms with Crippen LogP contribution in [0, 0.1) is 0 Å². The van der Waals surface area contributed by atoms with Gasteiger partial charge in [0.15, 0.2) is 12.5 Å². The maximum atomic E-state index is 11.2. The van der Waals surface area contributed by atoms with Gasteiger partial charge in [-0.25, -0.2) is 0 Å². The molecule has 0 radical (unpaired) electrons. The molecule has 72 valence electrons. The summed E-state index contributed by atoms with van der Waals surface area (Å²) < 4.78 is 5.52. The molecule has 4 heteroatoms. The highest BCUT2D eigenvalue weighted by atomic mass is 16.5. The van der Waals surface area contributed by atoms with Crippen molar-refractivity contribution < 1.29 is 14.6 Å². The maximum absolute atomic E-state index is 11.2. The summed E-state index contributed by atoms with van der Waals surface area (Å²) >= 11 is 0. The average Bonchev–Trinajstić information content (AvgIpc) is 2.16. The van der Waals surface area contributed by atoms with E-state index in [4.69, 9.17) is 4.74 Å². The minimum atomic E-state index is -0.841. The van der Waals surface area contributed by atoms with Crippen molar-refractivity contribution in [1.82, 2.24) is 4.90 Å². The van der Waals surface area contributed by atoms with Crippen molar-refractivity contribution in [2.24, 2.45) is 0 Å². The number of benzene rings is 1. The molecule has 0 aliphatic carbocycles. The summed E-state index contributed by atoms with van der Waals surface area (Å²) in [5, 5.41) is 9.85. The minimum absolute atomic E-state index is 0.0583. The van der Waals surface area contributed by atoms with Crippen LogP contribution in [0.3, 0.4) is 0 Å². The predicted molar refractivity (Wildman–Crippen MR) is 47.3 cm³/mol. The Hall–Kier alpha value is -1.55. The summed E-state index contributed by atoms with van der Waals surface area (Å²) in [4.78, 5) is 12.5. The van der Waals surface area contributed by atoms with Gasteiger partial charge in [0.25, 0.3) is 0 Å². The molecule has 1 aromatic rings. The Morgan fingerprint density at radius 1 is 1.43 bits per heavy atom. The third-order valence-corrected chi connectivity index (χ3v) is 2.67. The van der Waals surface area contributed by atoms with Gasteiger partial charge in [-0.3, -0.25) is 9.69 Å². The third-order valence-electron chi connectivity index (χ3n) is 2.67. The Kier molecular flexibility index (Phi) is 1.39. The molecular formula is C10H9NO3. The van der Waals surface area contributed by atoms with Crippen LogP contribution in [0.1, 0.15) is 18.2 Å². The second-order valence-electron chi connectivity index (χ2n) is 3.49. The van der Waals surface area contributed by atoms with Gasteiger partial charge in [0.1, 0.15) is 5.75 Å². The highest BCUT2D eigenvalue weighted by molar-refractivity contribution is 5.83. The van der Waals surface area contributed by atoms with E-state index in [0.717, 1.165) is 0 Å². The quantitative estimate of drug-likeness (QED) is 0.612. The first-order chi connectivity index (χ1) is 6.77. The average molecular weight is 191 g/mol. The van der Waals surface area contributed by atoms with E-state index in [1.807, 2.05) is 12.1 Å². The molecule has 14 heavy (non-hydrogen) atoms. The van der Waals surface area contributed by atoms with Gasteiger partial charge >= 0.3 is 0 Å². The van der Waals surface area contributed by atoms with E-state index >= 15 is 0 Å².